The van der Waals surface area contributed by atoms with E-state index >= 15 is 0 Å². The third kappa shape index (κ3) is 7.28. The molecule has 0 unspecified atom stereocenters. The maximum Gasteiger partial charge on any atom is 0.255 e. The molecule has 0 saturated carbocycles. The van der Waals surface area contributed by atoms with Crippen molar-refractivity contribution >= 4 is 23.2 Å². The van der Waals surface area contributed by atoms with E-state index < -0.39 is 24.3 Å². The predicted molar refractivity (Wildman–Crippen MR) is 162 cm³/mol. The Morgan fingerprint density at radius 3 is 2.64 bits per heavy atom. The van der Waals surface area contributed by atoms with Crippen LogP contribution in [-0.2, 0) is 4.79 Å². The second kappa shape index (κ2) is 14.2. The van der Waals surface area contributed by atoms with E-state index in [4.69, 9.17) is 9.84 Å². The Hall–Kier alpha value is -4.64. The Bertz CT molecular complexity index is 1490. The summed E-state index contributed by atoms with van der Waals surface area (Å²) in [5.41, 5.74) is 2.67. The van der Waals surface area contributed by atoms with E-state index in [-0.39, 0.29) is 37.4 Å². The van der Waals surface area contributed by atoms with Gasteiger partial charge in [0.15, 0.2) is 18.1 Å². The summed E-state index contributed by atoms with van der Waals surface area (Å²) < 4.78 is 20.8. The van der Waals surface area contributed by atoms with Crippen molar-refractivity contribution in [1.29, 1.82) is 5.26 Å². The molecule has 13 heteroatoms. The Balaban J connectivity index is 1.21. The number of nitrogens with one attached hydrogen (secondary N) is 1. The van der Waals surface area contributed by atoms with Crippen LogP contribution in [0.3, 0.4) is 0 Å². The number of anilines is 3. The number of ether oxygens (including phenoxy) is 1. The molecule has 2 aliphatic heterocycles. The van der Waals surface area contributed by atoms with Crippen molar-refractivity contribution in [3.05, 3.63) is 67.0 Å². The molecule has 230 valence electrons. The van der Waals surface area contributed by atoms with Crippen LogP contribution in [0, 0.1) is 11.3 Å². The number of β-amino-alcohol motifs (C(OH)–C–C–N with tert-alkyl or cyclic N) is 1. The molecule has 1 amide bonds. The van der Waals surface area contributed by atoms with E-state index in [1.165, 1.54) is 11.2 Å². The molecule has 3 heterocycles. The fraction of sp³-hybridized carbons (Fsp3) is 0.387. The first-order chi connectivity index (χ1) is 21.4. The fourth-order valence-electron chi connectivity index (χ4n) is 5.28. The topological polar surface area (TPSA) is 151 Å². The van der Waals surface area contributed by atoms with E-state index in [1.807, 2.05) is 24.3 Å². The summed E-state index contributed by atoms with van der Waals surface area (Å²) in [6.45, 7) is 7.87. The largest absolute Gasteiger partial charge is 0.486 e. The van der Waals surface area contributed by atoms with Crippen molar-refractivity contribution < 1.29 is 24.1 Å². The Labute approximate surface area is 255 Å². The van der Waals surface area contributed by atoms with Gasteiger partial charge in [-0.1, -0.05) is 12.7 Å². The first kappa shape index (κ1) is 30.8. The second-order valence-electron chi connectivity index (χ2n) is 10.6. The monoisotopic (exact) mass is 602 g/mol. The number of hydrogen-bond donors (Lipinski definition) is 3. The first-order valence-electron chi connectivity index (χ1n) is 14.5. The number of amides is 1. The number of aliphatic hydroxyl groups is 2. The lowest BCUT2D eigenvalue weighted by Gasteiger charge is -2.35. The van der Waals surface area contributed by atoms with Crippen molar-refractivity contribution in [2.45, 2.75) is 24.8 Å². The number of halogens is 1. The van der Waals surface area contributed by atoms with E-state index in [0.717, 1.165) is 43.6 Å². The molecule has 3 aromatic rings. The number of carbonyl (C=O) groups is 1. The molecule has 5 rings (SSSR count). The van der Waals surface area contributed by atoms with Crippen LogP contribution in [0.2, 0.25) is 0 Å². The van der Waals surface area contributed by atoms with Crippen LogP contribution in [0.1, 0.15) is 12.0 Å². The van der Waals surface area contributed by atoms with Gasteiger partial charge >= 0.3 is 0 Å². The lowest BCUT2D eigenvalue weighted by atomic mass is 10.0. The predicted octanol–water partition coefficient (Wildman–Crippen LogP) is 2.13. The number of aliphatic hydroxyl groups excluding tert-OH is 2. The summed E-state index contributed by atoms with van der Waals surface area (Å²) in [7, 11) is 0. The molecule has 3 atom stereocenters. The average molecular weight is 603 g/mol. The summed E-state index contributed by atoms with van der Waals surface area (Å²) >= 11 is 0. The SMILES string of the molecule is C=C[C@H](O)C(=O)N1CC[C@H](Oc2ccc(-c3ncnc(Nc4ccc(N5CCN(CCO)CC5)cc4)n3)cc2C#N)[C@H](F)C1. The van der Waals surface area contributed by atoms with Crippen molar-refractivity contribution in [2.24, 2.45) is 0 Å². The van der Waals surface area contributed by atoms with Crippen LogP contribution < -0.4 is 15.0 Å². The highest BCUT2D eigenvalue weighted by atomic mass is 19.1. The number of aromatic nitrogens is 3. The van der Waals surface area contributed by atoms with Crippen LogP contribution in [0.25, 0.3) is 11.4 Å². The van der Waals surface area contributed by atoms with Crippen LogP contribution in [0.4, 0.5) is 21.7 Å². The van der Waals surface area contributed by atoms with Gasteiger partial charge in [0, 0.05) is 62.6 Å². The lowest BCUT2D eigenvalue weighted by molar-refractivity contribution is -0.141. The van der Waals surface area contributed by atoms with Crippen LogP contribution in [0.5, 0.6) is 5.75 Å². The number of alkyl halides is 1. The molecule has 0 bridgehead atoms. The second-order valence-corrected chi connectivity index (χ2v) is 10.6. The minimum Gasteiger partial charge on any atom is -0.486 e. The summed E-state index contributed by atoms with van der Waals surface area (Å²) in [6.07, 6.45) is -1.04. The highest BCUT2D eigenvalue weighted by Gasteiger charge is 2.35. The number of nitrogens with zero attached hydrogens (tertiary/aromatic N) is 7. The normalized spacial score (nSPS) is 19.6. The van der Waals surface area contributed by atoms with E-state index in [1.54, 1.807) is 18.2 Å². The van der Waals surface area contributed by atoms with Gasteiger partial charge in [-0.05, 0) is 42.5 Å². The van der Waals surface area contributed by atoms with Gasteiger partial charge in [-0.2, -0.15) is 10.2 Å². The smallest absolute Gasteiger partial charge is 0.255 e. The molecular formula is C31H35FN8O4. The molecule has 0 spiro atoms. The van der Waals surface area contributed by atoms with Gasteiger partial charge in [-0.3, -0.25) is 9.69 Å². The molecule has 3 N–H and O–H groups in total. The van der Waals surface area contributed by atoms with Crippen LogP contribution in [0.15, 0.2) is 61.4 Å². The number of piperazine rings is 1. The van der Waals surface area contributed by atoms with E-state index in [2.05, 4.69) is 42.7 Å². The zero-order valence-electron chi connectivity index (χ0n) is 24.2. The molecule has 12 nitrogen and oxygen atoms in total. The van der Waals surface area contributed by atoms with Crippen molar-refractivity contribution in [3.8, 4) is 23.2 Å². The molecule has 2 saturated heterocycles. The molecule has 0 aliphatic carbocycles. The van der Waals surface area contributed by atoms with Crippen molar-refractivity contribution in [3.63, 3.8) is 0 Å². The zero-order chi connectivity index (χ0) is 31.1. The highest BCUT2D eigenvalue weighted by molar-refractivity contribution is 5.82. The van der Waals surface area contributed by atoms with Gasteiger partial charge in [-0.25, -0.2) is 14.4 Å². The number of hydrogen-bond acceptors (Lipinski definition) is 11. The molecule has 1 aromatic heterocycles. The van der Waals surface area contributed by atoms with Gasteiger partial charge in [0.2, 0.25) is 5.95 Å². The average Bonchev–Trinajstić information content (AvgIpc) is 3.06. The zero-order valence-corrected chi connectivity index (χ0v) is 24.2. The number of benzene rings is 2. The third-order valence-corrected chi connectivity index (χ3v) is 7.76. The van der Waals surface area contributed by atoms with Crippen LogP contribution >= 0.6 is 0 Å². The molecule has 2 aliphatic rings. The third-order valence-electron chi connectivity index (χ3n) is 7.76. The lowest BCUT2D eigenvalue weighted by Crippen LogP contribution is -2.51. The van der Waals surface area contributed by atoms with Gasteiger partial charge in [0.1, 0.15) is 24.3 Å². The standard InChI is InChI=1S/C31H35FN8O4/c1-2-26(42)30(43)40-10-9-28(25(32)19-40)44-27-8-3-21(17-22(27)18-33)29-34-20-35-31(37-29)36-23-4-6-24(7-5-23)39-13-11-38(12-14-39)15-16-41/h2-8,17,20,25-26,28,41-42H,1,9-16,19H2,(H,34,35,36,37)/t25-,26+,28+/m1/s1. The minimum atomic E-state index is -1.50. The summed E-state index contributed by atoms with van der Waals surface area (Å²) in [4.78, 5) is 31.0. The van der Waals surface area contributed by atoms with Gasteiger partial charge in [-0.15, -0.1) is 0 Å². The summed E-state index contributed by atoms with van der Waals surface area (Å²) in [5, 5.41) is 31.8. The number of nitriles is 1. The molecule has 0 radical (unpaired) electrons. The Morgan fingerprint density at radius 2 is 1.95 bits per heavy atom. The number of carbonyl (C=O) groups excluding carboxylic acids is 1. The highest BCUT2D eigenvalue weighted by Crippen LogP contribution is 2.29. The summed E-state index contributed by atoms with van der Waals surface area (Å²) in [6, 6.07) is 14.9. The number of rotatable bonds is 10. The van der Waals surface area contributed by atoms with Gasteiger partial charge in [0.25, 0.3) is 5.91 Å². The number of likely N-dealkylation sites (tertiary alicyclic amines) is 1. The summed E-state index contributed by atoms with van der Waals surface area (Å²) in [5.74, 6) is 0.300. The van der Waals surface area contributed by atoms with Gasteiger partial charge < -0.3 is 30.1 Å². The van der Waals surface area contributed by atoms with Gasteiger partial charge in [0.05, 0.1) is 18.7 Å². The quantitative estimate of drug-likeness (QED) is 0.293. The first-order valence-corrected chi connectivity index (χ1v) is 14.5. The molecule has 2 aromatic carbocycles. The van der Waals surface area contributed by atoms with Crippen molar-refractivity contribution in [1.82, 2.24) is 24.8 Å². The van der Waals surface area contributed by atoms with E-state index in [9.17, 15) is 19.6 Å². The molecule has 2 fully saturated rings. The molecule has 44 heavy (non-hydrogen) atoms. The maximum absolute atomic E-state index is 14.9. The number of piperidine rings is 1. The minimum absolute atomic E-state index is 0.175. The Kier molecular flexibility index (Phi) is 9.96. The van der Waals surface area contributed by atoms with Crippen LogP contribution in [-0.4, -0.2) is 112 Å². The Morgan fingerprint density at radius 1 is 1.18 bits per heavy atom. The fourth-order valence-corrected chi connectivity index (χ4v) is 5.28. The maximum atomic E-state index is 14.9. The van der Waals surface area contributed by atoms with Crippen molar-refractivity contribution in [2.75, 3.05) is 62.6 Å². The molecular weight excluding hydrogens is 567 g/mol. The van der Waals surface area contributed by atoms with E-state index in [0.29, 0.717) is 23.9 Å².